The van der Waals surface area contributed by atoms with Gasteiger partial charge in [0.05, 0.1) is 11.8 Å². The molecule has 1 N–H and O–H groups in total. The van der Waals surface area contributed by atoms with E-state index in [1.54, 1.807) is 13.0 Å². The molecular weight excluding hydrogens is 229 g/mol. The summed E-state index contributed by atoms with van der Waals surface area (Å²) >= 11 is 0. The van der Waals surface area contributed by atoms with Gasteiger partial charge in [-0.3, -0.25) is 0 Å². The van der Waals surface area contributed by atoms with E-state index in [1.807, 2.05) is 6.07 Å². The fraction of sp³-hybridized carbons (Fsp3) is 0.600. The molecule has 2 nitrogen and oxygen atoms in total. The summed E-state index contributed by atoms with van der Waals surface area (Å²) < 4.78 is 14.1. The molecule has 0 aromatic heterocycles. The molecule has 18 heavy (non-hydrogen) atoms. The molecule has 0 radical (unpaired) electrons. The quantitative estimate of drug-likeness (QED) is 0.865. The van der Waals surface area contributed by atoms with Crippen LogP contribution in [0.1, 0.15) is 45.3 Å². The minimum atomic E-state index is -0.642. The van der Waals surface area contributed by atoms with Crippen molar-refractivity contribution in [2.24, 2.45) is 5.92 Å². The molecular formula is C15H22FNO. The monoisotopic (exact) mass is 251 g/mol. The molecule has 0 spiro atoms. The molecule has 0 amide bonds. The predicted octanol–water partition coefficient (Wildman–Crippen LogP) is 3.50. The number of nitrogens with zero attached hydrogens (tertiary/aromatic N) is 1. The average molecular weight is 251 g/mol. The fourth-order valence-electron chi connectivity index (χ4n) is 2.31. The number of hydrogen-bond acceptors (Lipinski definition) is 2. The summed E-state index contributed by atoms with van der Waals surface area (Å²) in [6, 6.07) is 5.19. The Kier molecular flexibility index (Phi) is 3.91. The van der Waals surface area contributed by atoms with Crippen molar-refractivity contribution in [2.45, 2.75) is 45.8 Å². The minimum Gasteiger partial charge on any atom is -0.389 e. The van der Waals surface area contributed by atoms with Crippen LogP contribution in [0.25, 0.3) is 0 Å². The van der Waals surface area contributed by atoms with E-state index >= 15 is 0 Å². The third-order valence-corrected chi connectivity index (χ3v) is 3.53. The van der Waals surface area contributed by atoms with Crippen molar-refractivity contribution in [3.05, 3.63) is 29.6 Å². The topological polar surface area (TPSA) is 23.5 Å². The Hall–Kier alpha value is -1.09. The molecule has 1 aromatic rings. The van der Waals surface area contributed by atoms with Gasteiger partial charge in [0.25, 0.3) is 0 Å². The highest BCUT2D eigenvalue weighted by atomic mass is 19.1. The smallest absolute Gasteiger partial charge is 0.146 e. The summed E-state index contributed by atoms with van der Waals surface area (Å²) in [4.78, 5) is 2.09. The lowest BCUT2D eigenvalue weighted by Crippen LogP contribution is -2.34. The number of hydrogen-bond donors (Lipinski definition) is 1. The number of aliphatic hydroxyl groups excluding tert-OH is 1. The molecule has 1 atom stereocenters. The van der Waals surface area contributed by atoms with E-state index in [2.05, 4.69) is 18.7 Å². The van der Waals surface area contributed by atoms with Crippen LogP contribution < -0.4 is 4.90 Å². The third-order valence-electron chi connectivity index (χ3n) is 3.53. The predicted molar refractivity (Wildman–Crippen MR) is 72.2 cm³/mol. The van der Waals surface area contributed by atoms with Crippen LogP contribution in [-0.2, 0) is 0 Å². The molecule has 1 aliphatic carbocycles. The summed E-state index contributed by atoms with van der Waals surface area (Å²) in [6.07, 6.45) is 1.83. The Morgan fingerprint density at radius 3 is 2.50 bits per heavy atom. The van der Waals surface area contributed by atoms with Crippen LogP contribution >= 0.6 is 0 Å². The van der Waals surface area contributed by atoms with Crippen molar-refractivity contribution in [3.8, 4) is 0 Å². The van der Waals surface area contributed by atoms with Crippen molar-refractivity contribution in [1.82, 2.24) is 0 Å². The van der Waals surface area contributed by atoms with Gasteiger partial charge in [0.2, 0.25) is 0 Å². The van der Waals surface area contributed by atoms with Crippen molar-refractivity contribution >= 4 is 5.69 Å². The van der Waals surface area contributed by atoms with Gasteiger partial charge in [-0.25, -0.2) is 4.39 Å². The number of halogens is 1. The summed E-state index contributed by atoms with van der Waals surface area (Å²) in [5, 5.41) is 9.82. The van der Waals surface area contributed by atoms with Crippen LogP contribution in [0.2, 0.25) is 0 Å². The van der Waals surface area contributed by atoms with Crippen molar-refractivity contribution in [1.29, 1.82) is 0 Å². The lowest BCUT2D eigenvalue weighted by molar-refractivity contribution is 0.199. The van der Waals surface area contributed by atoms with Gasteiger partial charge < -0.3 is 10.0 Å². The Morgan fingerprint density at radius 2 is 2.00 bits per heavy atom. The van der Waals surface area contributed by atoms with E-state index in [0.717, 1.165) is 6.54 Å². The molecule has 1 aromatic carbocycles. The molecule has 0 bridgehead atoms. The second-order valence-electron chi connectivity index (χ2n) is 5.54. The molecule has 0 heterocycles. The third kappa shape index (κ3) is 2.83. The summed E-state index contributed by atoms with van der Waals surface area (Å²) in [7, 11) is 0. The maximum Gasteiger partial charge on any atom is 0.146 e. The van der Waals surface area contributed by atoms with Gasteiger partial charge in [0.1, 0.15) is 5.82 Å². The Morgan fingerprint density at radius 1 is 1.33 bits per heavy atom. The molecule has 3 heteroatoms. The van der Waals surface area contributed by atoms with E-state index in [4.69, 9.17) is 0 Å². The van der Waals surface area contributed by atoms with Gasteiger partial charge in [-0.2, -0.15) is 0 Å². The molecule has 1 saturated carbocycles. The van der Waals surface area contributed by atoms with Crippen molar-refractivity contribution in [3.63, 3.8) is 0 Å². The molecule has 1 fully saturated rings. The lowest BCUT2D eigenvalue weighted by Gasteiger charge is -2.32. The van der Waals surface area contributed by atoms with Crippen LogP contribution in [0.3, 0.4) is 0 Å². The summed E-state index contributed by atoms with van der Waals surface area (Å²) in [5.41, 5.74) is 1.26. The Labute approximate surface area is 108 Å². The molecule has 0 saturated heterocycles. The maximum atomic E-state index is 14.1. The summed E-state index contributed by atoms with van der Waals surface area (Å²) in [5.74, 6) is 0.455. The number of para-hydroxylation sites is 1. The number of benzene rings is 1. The first-order chi connectivity index (χ1) is 8.50. The van der Waals surface area contributed by atoms with E-state index in [9.17, 15) is 9.50 Å². The van der Waals surface area contributed by atoms with Gasteiger partial charge in [-0.05, 0) is 45.6 Å². The second-order valence-corrected chi connectivity index (χ2v) is 5.54. The fourth-order valence-corrected chi connectivity index (χ4v) is 2.31. The first-order valence-corrected chi connectivity index (χ1v) is 6.73. The van der Waals surface area contributed by atoms with Gasteiger partial charge in [0, 0.05) is 18.2 Å². The zero-order chi connectivity index (χ0) is 13.3. The van der Waals surface area contributed by atoms with Crippen molar-refractivity contribution < 1.29 is 9.50 Å². The van der Waals surface area contributed by atoms with E-state index in [1.165, 1.54) is 18.9 Å². The first kappa shape index (κ1) is 13.3. The van der Waals surface area contributed by atoms with E-state index < -0.39 is 6.10 Å². The minimum absolute atomic E-state index is 0.234. The number of anilines is 1. The van der Waals surface area contributed by atoms with Crippen LogP contribution in [-0.4, -0.2) is 17.7 Å². The number of aliphatic hydroxyl groups is 1. The highest BCUT2D eigenvalue weighted by molar-refractivity contribution is 5.56. The van der Waals surface area contributed by atoms with Gasteiger partial charge >= 0.3 is 0 Å². The van der Waals surface area contributed by atoms with E-state index in [0.29, 0.717) is 17.2 Å². The largest absolute Gasteiger partial charge is 0.389 e. The van der Waals surface area contributed by atoms with Crippen LogP contribution in [0.5, 0.6) is 0 Å². The van der Waals surface area contributed by atoms with E-state index in [-0.39, 0.29) is 11.9 Å². The van der Waals surface area contributed by atoms with Crippen LogP contribution in [0, 0.1) is 11.7 Å². The Balaban J connectivity index is 2.38. The van der Waals surface area contributed by atoms with Gasteiger partial charge in [0.15, 0.2) is 0 Å². The normalized spacial score (nSPS) is 17.0. The highest BCUT2D eigenvalue weighted by Crippen LogP contribution is 2.36. The molecule has 0 unspecified atom stereocenters. The maximum absolute atomic E-state index is 14.1. The molecule has 0 aliphatic heterocycles. The summed E-state index contributed by atoms with van der Waals surface area (Å²) in [6.45, 7) is 6.72. The first-order valence-electron chi connectivity index (χ1n) is 6.73. The number of rotatable bonds is 5. The zero-order valence-electron chi connectivity index (χ0n) is 11.4. The standard InChI is InChI=1S/C15H22FNO/c1-10(2)17(9-12-7-8-12)15-13(11(3)18)5-4-6-14(15)16/h4-6,10-12,18H,7-9H2,1-3H3/t11-/m1/s1. The lowest BCUT2D eigenvalue weighted by atomic mass is 10.0. The van der Waals surface area contributed by atoms with Crippen LogP contribution in [0.15, 0.2) is 18.2 Å². The van der Waals surface area contributed by atoms with Gasteiger partial charge in [-0.1, -0.05) is 12.1 Å². The van der Waals surface area contributed by atoms with Gasteiger partial charge in [-0.15, -0.1) is 0 Å². The molecule has 100 valence electrons. The zero-order valence-corrected chi connectivity index (χ0v) is 11.4. The molecule has 1 aliphatic rings. The van der Waals surface area contributed by atoms with Crippen molar-refractivity contribution in [2.75, 3.05) is 11.4 Å². The second kappa shape index (κ2) is 5.27. The SMILES string of the molecule is CC(C)N(CC1CC1)c1c(F)cccc1[C@@H](C)O. The Bertz CT molecular complexity index is 413. The van der Waals surface area contributed by atoms with Crippen LogP contribution in [0.4, 0.5) is 10.1 Å². The molecule has 2 rings (SSSR count). The highest BCUT2D eigenvalue weighted by Gasteiger charge is 2.28. The average Bonchev–Trinajstić information content (AvgIpc) is 3.09.